The summed E-state index contributed by atoms with van der Waals surface area (Å²) in [5.41, 5.74) is 5.19. The van der Waals surface area contributed by atoms with E-state index < -0.39 is 0 Å². The maximum Gasteiger partial charge on any atom is -0.0227 e. The van der Waals surface area contributed by atoms with E-state index in [0.717, 1.165) is 0 Å². The topological polar surface area (TPSA) is 0 Å². The molecule has 0 nitrogen and oxygen atoms in total. The van der Waals surface area contributed by atoms with E-state index in [9.17, 15) is 0 Å². The summed E-state index contributed by atoms with van der Waals surface area (Å²) in [6.45, 7) is 4.27. The summed E-state index contributed by atoms with van der Waals surface area (Å²) in [4.78, 5) is 0. The summed E-state index contributed by atoms with van der Waals surface area (Å²) in [6.07, 6.45) is 4.36. The third-order valence-electron chi connectivity index (χ3n) is 2.82. The Balaban J connectivity index is 0.00000144. The molecule has 0 heterocycles. The predicted octanol–water partition coefficient (Wildman–Crippen LogP) is 5.11. The smallest absolute Gasteiger partial charge is 0.0227 e. The molecule has 0 radical (unpaired) electrons. The van der Waals surface area contributed by atoms with Gasteiger partial charge in [0.2, 0.25) is 0 Å². The van der Waals surface area contributed by atoms with E-state index in [1.165, 1.54) is 22.3 Å². The van der Waals surface area contributed by atoms with Gasteiger partial charge in [-0.25, -0.2) is 0 Å². The molecule has 17 heavy (non-hydrogen) atoms. The van der Waals surface area contributed by atoms with Gasteiger partial charge in [0.1, 0.15) is 0 Å². The van der Waals surface area contributed by atoms with Crippen molar-refractivity contribution in [2.24, 2.45) is 0 Å². The van der Waals surface area contributed by atoms with E-state index in [-0.39, 0.29) is 7.43 Å². The largest absolute Gasteiger partial charge is 0.0776 e. The van der Waals surface area contributed by atoms with Crippen LogP contribution in [0, 0.1) is 13.8 Å². The Morgan fingerprint density at radius 2 is 1.00 bits per heavy atom. The Bertz CT molecular complexity index is 459. The average molecular weight is 224 g/mol. The molecule has 0 amide bonds. The van der Waals surface area contributed by atoms with E-state index >= 15 is 0 Å². The molecule has 0 aliphatic rings. The molecular formula is C17H20. The highest BCUT2D eigenvalue weighted by atomic mass is 14.0. The highest BCUT2D eigenvalue weighted by molar-refractivity contribution is 5.72. The molecule has 0 N–H and O–H groups in total. The highest BCUT2D eigenvalue weighted by Crippen LogP contribution is 2.14. The van der Waals surface area contributed by atoms with Crippen molar-refractivity contribution in [1.29, 1.82) is 0 Å². The fraction of sp³-hybridized carbons (Fsp3) is 0.176. The van der Waals surface area contributed by atoms with Crippen molar-refractivity contribution in [2.75, 3.05) is 0 Å². The number of aryl methyl sites for hydroxylation is 2. The number of hydrogen-bond donors (Lipinski definition) is 0. The summed E-state index contributed by atoms with van der Waals surface area (Å²) < 4.78 is 0. The minimum absolute atomic E-state index is 0. The monoisotopic (exact) mass is 224 g/mol. The standard InChI is InChI=1S/C16H16.CH4/c1-13-7-3-5-9-15(13)11-12-16-10-6-4-8-14(16)2;/h3-12H,1-2H3;1H4/b12-11+;. The van der Waals surface area contributed by atoms with Crippen LogP contribution in [0.4, 0.5) is 0 Å². The maximum atomic E-state index is 2.18. The normalized spacial score (nSPS) is 10.2. The van der Waals surface area contributed by atoms with E-state index in [1.54, 1.807) is 0 Å². The van der Waals surface area contributed by atoms with Gasteiger partial charge in [0, 0.05) is 0 Å². The number of rotatable bonds is 2. The molecule has 2 aromatic carbocycles. The van der Waals surface area contributed by atoms with Crippen LogP contribution in [0.1, 0.15) is 29.7 Å². The van der Waals surface area contributed by atoms with Gasteiger partial charge in [0.15, 0.2) is 0 Å². The van der Waals surface area contributed by atoms with Gasteiger partial charge in [0.25, 0.3) is 0 Å². The lowest BCUT2D eigenvalue weighted by molar-refractivity contribution is 1.43. The summed E-state index contributed by atoms with van der Waals surface area (Å²) in [6, 6.07) is 16.8. The van der Waals surface area contributed by atoms with Crippen LogP contribution in [-0.4, -0.2) is 0 Å². The zero-order valence-corrected chi connectivity index (χ0v) is 9.77. The average Bonchev–Trinajstić information content (AvgIpc) is 2.30. The van der Waals surface area contributed by atoms with Crippen molar-refractivity contribution in [2.45, 2.75) is 21.3 Å². The summed E-state index contributed by atoms with van der Waals surface area (Å²) in [7, 11) is 0. The Morgan fingerprint density at radius 3 is 1.35 bits per heavy atom. The highest BCUT2D eigenvalue weighted by Gasteiger charge is 1.93. The molecule has 0 fully saturated rings. The first-order valence-electron chi connectivity index (χ1n) is 5.57. The lowest BCUT2D eigenvalue weighted by Crippen LogP contribution is -1.80. The second-order valence-corrected chi connectivity index (χ2v) is 4.05. The molecule has 0 aliphatic heterocycles. The molecular weight excluding hydrogens is 204 g/mol. The third kappa shape index (κ3) is 3.32. The van der Waals surface area contributed by atoms with Crippen molar-refractivity contribution < 1.29 is 0 Å². The van der Waals surface area contributed by atoms with Crippen LogP contribution in [0.15, 0.2) is 48.5 Å². The van der Waals surface area contributed by atoms with Crippen LogP contribution in [0.2, 0.25) is 0 Å². The van der Waals surface area contributed by atoms with Crippen LogP contribution >= 0.6 is 0 Å². The maximum absolute atomic E-state index is 2.18. The molecule has 0 unspecified atom stereocenters. The second kappa shape index (κ2) is 6.05. The molecule has 2 rings (SSSR count). The fourth-order valence-electron chi connectivity index (χ4n) is 1.73. The third-order valence-corrected chi connectivity index (χ3v) is 2.82. The molecule has 0 spiro atoms. The Hall–Kier alpha value is -1.82. The number of hydrogen-bond acceptors (Lipinski definition) is 0. The lowest BCUT2D eigenvalue weighted by Gasteiger charge is -2.01. The van der Waals surface area contributed by atoms with Gasteiger partial charge in [-0.3, -0.25) is 0 Å². The van der Waals surface area contributed by atoms with Crippen LogP contribution in [-0.2, 0) is 0 Å². The van der Waals surface area contributed by atoms with Crippen LogP contribution in [0.3, 0.4) is 0 Å². The first-order valence-corrected chi connectivity index (χ1v) is 5.57. The van der Waals surface area contributed by atoms with E-state index in [0.29, 0.717) is 0 Å². The van der Waals surface area contributed by atoms with Crippen molar-refractivity contribution in [3.63, 3.8) is 0 Å². The van der Waals surface area contributed by atoms with Gasteiger partial charge < -0.3 is 0 Å². The van der Waals surface area contributed by atoms with Gasteiger partial charge in [-0.05, 0) is 36.1 Å². The molecule has 88 valence electrons. The van der Waals surface area contributed by atoms with E-state index in [4.69, 9.17) is 0 Å². The quantitative estimate of drug-likeness (QED) is 0.622. The molecule has 0 aromatic heterocycles. The van der Waals surface area contributed by atoms with Crippen molar-refractivity contribution in [3.8, 4) is 0 Å². The molecule has 0 saturated carbocycles. The SMILES string of the molecule is C.Cc1ccccc1/C=C/c1ccccc1C. The van der Waals surface area contributed by atoms with Gasteiger partial charge in [-0.1, -0.05) is 68.1 Å². The first kappa shape index (κ1) is 13.2. The van der Waals surface area contributed by atoms with Crippen molar-refractivity contribution >= 4 is 12.2 Å². The molecule has 0 bridgehead atoms. The van der Waals surface area contributed by atoms with Crippen LogP contribution < -0.4 is 0 Å². The predicted molar refractivity (Wildman–Crippen MR) is 78.0 cm³/mol. The van der Waals surface area contributed by atoms with Gasteiger partial charge in [-0.15, -0.1) is 0 Å². The van der Waals surface area contributed by atoms with Crippen LogP contribution in [0.5, 0.6) is 0 Å². The molecule has 0 saturated heterocycles. The molecule has 0 heteroatoms. The zero-order chi connectivity index (χ0) is 11.4. The van der Waals surface area contributed by atoms with Crippen molar-refractivity contribution in [1.82, 2.24) is 0 Å². The van der Waals surface area contributed by atoms with Crippen LogP contribution in [0.25, 0.3) is 12.2 Å². The Labute approximate surface area is 105 Å². The van der Waals surface area contributed by atoms with Gasteiger partial charge in [-0.2, -0.15) is 0 Å². The van der Waals surface area contributed by atoms with Gasteiger partial charge >= 0.3 is 0 Å². The number of benzene rings is 2. The summed E-state index contributed by atoms with van der Waals surface area (Å²) in [5.74, 6) is 0. The second-order valence-electron chi connectivity index (χ2n) is 4.05. The summed E-state index contributed by atoms with van der Waals surface area (Å²) >= 11 is 0. The van der Waals surface area contributed by atoms with E-state index in [2.05, 4.69) is 74.5 Å². The summed E-state index contributed by atoms with van der Waals surface area (Å²) in [5, 5.41) is 0. The van der Waals surface area contributed by atoms with Gasteiger partial charge in [0.05, 0.1) is 0 Å². The van der Waals surface area contributed by atoms with Crippen molar-refractivity contribution in [3.05, 3.63) is 70.8 Å². The molecule has 0 atom stereocenters. The minimum Gasteiger partial charge on any atom is -0.0776 e. The van der Waals surface area contributed by atoms with E-state index in [1.807, 2.05) is 0 Å². The fourth-order valence-corrected chi connectivity index (χ4v) is 1.73. The Morgan fingerprint density at radius 1 is 0.647 bits per heavy atom. The Kier molecular flexibility index (Phi) is 4.71. The first-order chi connectivity index (χ1) is 7.77. The molecule has 2 aromatic rings. The minimum atomic E-state index is 0. The molecule has 0 aliphatic carbocycles. The zero-order valence-electron chi connectivity index (χ0n) is 9.77. The lowest BCUT2D eigenvalue weighted by atomic mass is 10.0.